The molecule has 0 aromatic rings. The van der Waals surface area contributed by atoms with Gasteiger partial charge in [0.2, 0.25) is 0 Å². The maximum Gasteiger partial charge on any atom is 0.105 e. The van der Waals surface area contributed by atoms with Crippen molar-refractivity contribution >= 4 is 0 Å². The molecule has 4 heteroatoms. The van der Waals surface area contributed by atoms with Crippen molar-refractivity contribution in [3.63, 3.8) is 0 Å². The van der Waals surface area contributed by atoms with Gasteiger partial charge in [-0.15, -0.1) is 0 Å². The van der Waals surface area contributed by atoms with Crippen LogP contribution < -0.4 is 5.32 Å². The number of rotatable bonds is 7. The summed E-state index contributed by atoms with van der Waals surface area (Å²) in [4.78, 5) is 2.52. The van der Waals surface area contributed by atoms with Gasteiger partial charge in [-0.25, -0.2) is 0 Å². The third kappa shape index (κ3) is 5.40. The van der Waals surface area contributed by atoms with Crippen molar-refractivity contribution in [2.24, 2.45) is 5.92 Å². The fraction of sp³-hybridized carbons (Fsp3) is 0.938. The van der Waals surface area contributed by atoms with Gasteiger partial charge in [0.25, 0.3) is 0 Å². The number of ether oxygens (including phenoxy) is 1. The lowest BCUT2D eigenvalue weighted by Crippen LogP contribution is -2.51. The lowest BCUT2D eigenvalue weighted by atomic mass is 9.91. The number of nitriles is 1. The maximum absolute atomic E-state index is 9.45. The van der Waals surface area contributed by atoms with E-state index >= 15 is 0 Å². The molecule has 1 heterocycles. The third-order valence-corrected chi connectivity index (χ3v) is 4.23. The monoisotopic (exact) mass is 281 g/mol. The van der Waals surface area contributed by atoms with Crippen molar-refractivity contribution in [1.29, 1.82) is 5.26 Å². The summed E-state index contributed by atoms with van der Waals surface area (Å²) in [6.07, 6.45) is 3.29. The van der Waals surface area contributed by atoms with E-state index in [2.05, 4.69) is 37.1 Å². The number of hydrogen-bond donors (Lipinski definition) is 1. The van der Waals surface area contributed by atoms with Crippen LogP contribution >= 0.6 is 0 Å². The van der Waals surface area contributed by atoms with Crippen molar-refractivity contribution < 1.29 is 4.74 Å². The topological polar surface area (TPSA) is 48.3 Å². The van der Waals surface area contributed by atoms with Crippen LogP contribution in [0.1, 0.15) is 47.0 Å². The quantitative estimate of drug-likeness (QED) is 0.778. The summed E-state index contributed by atoms with van der Waals surface area (Å²) in [5, 5.41) is 12.8. The Morgan fingerprint density at radius 1 is 1.35 bits per heavy atom. The van der Waals surface area contributed by atoms with E-state index in [4.69, 9.17) is 4.74 Å². The van der Waals surface area contributed by atoms with Gasteiger partial charge in [-0.05, 0) is 66.0 Å². The fourth-order valence-electron chi connectivity index (χ4n) is 3.29. The molecule has 0 spiro atoms. The molecule has 2 atom stereocenters. The summed E-state index contributed by atoms with van der Waals surface area (Å²) in [6, 6.07) is 3.22. The highest BCUT2D eigenvalue weighted by Gasteiger charge is 2.31. The van der Waals surface area contributed by atoms with Crippen LogP contribution in [0.5, 0.6) is 0 Å². The molecule has 116 valence electrons. The Hall–Kier alpha value is -0.630. The first-order valence-corrected chi connectivity index (χ1v) is 7.82. The van der Waals surface area contributed by atoms with Crippen LogP contribution in [-0.2, 0) is 4.74 Å². The van der Waals surface area contributed by atoms with E-state index < -0.39 is 5.54 Å². The van der Waals surface area contributed by atoms with Gasteiger partial charge in [0.1, 0.15) is 5.54 Å². The maximum atomic E-state index is 9.45. The first kappa shape index (κ1) is 17.4. The van der Waals surface area contributed by atoms with Crippen LogP contribution in [0, 0.1) is 17.2 Å². The van der Waals surface area contributed by atoms with E-state index in [1.807, 2.05) is 6.92 Å². The van der Waals surface area contributed by atoms with E-state index in [9.17, 15) is 5.26 Å². The van der Waals surface area contributed by atoms with Crippen LogP contribution in [-0.4, -0.2) is 49.3 Å². The second kappa shape index (κ2) is 7.97. The molecule has 1 rings (SSSR count). The number of piperidine rings is 1. The molecule has 1 fully saturated rings. The smallest absolute Gasteiger partial charge is 0.105 e. The summed E-state index contributed by atoms with van der Waals surface area (Å²) < 4.78 is 5.25. The van der Waals surface area contributed by atoms with E-state index in [1.165, 1.54) is 12.8 Å². The fourth-order valence-corrected chi connectivity index (χ4v) is 3.29. The predicted molar refractivity (Wildman–Crippen MR) is 82.5 cm³/mol. The Morgan fingerprint density at radius 2 is 1.95 bits per heavy atom. The molecule has 1 saturated heterocycles. The number of likely N-dealkylation sites (tertiary alicyclic amines) is 1. The van der Waals surface area contributed by atoms with Crippen molar-refractivity contribution in [3.05, 3.63) is 0 Å². The Labute approximate surface area is 124 Å². The highest BCUT2D eigenvalue weighted by atomic mass is 16.5. The van der Waals surface area contributed by atoms with Crippen molar-refractivity contribution in [1.82, 2.24) is 10.2 Å². The highest BCUT2D eigenvalue weighted by molar-refractivity contribution is 5.06. The minimum atomic E-state index is -0.434. The molecule has 0 aromatic carbocycles. The average molecular weight is 281 g/mol. The highest BCUT2D eigenvalue weighted by Crippen LogP contribution is 2.23. The van der Waals surface area contributed by atoms with Gasteiger partial charge in [0.15, 0.2) is 0 Å². The molecule has 0 aromatic heterocycles. The van der Waals surface area contributed by atoms with Crippen LogP contribution in [0.25, 0.3) is 0 Å². The van der Waals surface area contributed by atoms with Crippen LogP contribution in [0.15, 0.2) is 0 Å². The van der Waals surface area contributed by atoms with Gasteiger partial charge in [-0.1, -0.05) is 0 Å². The Balaban J connectivity index is 2.46. The summed E-state index contributed by atoms with van der Waals surface area (Å²) in [5.41, 5.74) is -0.434. The molecule has 0 radical (unpaired) electrons. The Morgan fingerprint density at radius 3 is 2.40 bits per heavy atom. The Kier molecular flexibility index (Phi) is 6.94. The molecule has 1 aliphatic heterocycles. The zero-order chi connectivity index (χ0) is 15.2. The van der Waals surface area contributed by atoms with Crippen LogP contribution in [0.3, 0.4) is 0 Å². The van der Waals surface area contributed by atoms with E-state index in [0.717, 1.165) is 26.1 Å². The molecular weight excluding hydrogens is 250 g/mol. The molecular formula is C16H31N3O. The second-order valence-corrected chi connectivity index (χ2v) is 6.73. The minimum absolute atomic E-state index is 0.333. The summed E-state index contributed by atoms with van der Waals surface area (Å²) in [5.74, 6) is 0.708. The van der Waals surface area contributed by atoms with Crippen LogP contribution in [0.4, 0.5) is 0 Å². The van der Waals surface area contributed by atoms with Crippen molar-refractivity contribution in [2.45, 2.75) is 64.6 Å². The number of nitrogens with zero attached hydrogens (tertiary/aromatic N) is 2. The molecule has 0 amide bonds. The molecule has 0 bridgehead atoms. The molecule has 0 saturated carbocycles. The molecule has 2 unspecified atom stereocenters. The average Bonchev–Trinajstić information content (AvgIpc) is 2.39. The molecule has 20 heavy (non-hydrogen) atoms. The summed E-state index contributed by atoms with van der Waals surface area (Å²) in [6.45, 7) is 11.6. The van der Waals surface area contributed by atoms with Crippen LogP contribution in [0.2, 0.25) is 0 Å². The van der Waals surface area contributed by atoms with E-state index in [1.54, 1.807) is 7.11 Å². The zero-order valence-electron chi connectivity index (χ0n) is 13.8. The molecule has 1 aliphatic rings. The second-order valence-electron chi connectivity index (χ2n) is 6.73. The van der Waals surface area contributed by atoms with Crippen molar-refractivity contribution in [2.75, 3.05) is 26.8 Å². The van der Waals surface area contributed by atoms with E-state index in [-0.39, 0.29) is 0 Å². The first-order valence-electron chi connectivity index (χ1n) is 7.82. The van der Waals surface area contributed by atoms with Gasteiger partial charge in [0, 0.05) is 25.8 Å². The number of methoxy groups -OCH3 is 1. The first-order chi connectivity index (χ1) is 9.40. The summed E-state index contributed by atoms with van der Waals surface area (Å²) >= 11 is 0. The third-order valence-electron chi connectivity index (χ3n) is 4.23. The number of hydrogen-bond acceptors (Lipinski definition) is 4. The Bertz CT molecular complexity index is 318. The van der Waals surface area contributed by atoms with E-state index in [0.29, 0.717) is 18.0 Å². The zero-order valence-corrected chi connectivity index (χ0v) is 13.8. The molecule has 1 N–H and O–H groups in total. The minimum Gasteiger partial charge on any atom is -0.384 e. The largest absolute Gasteiger partial charge is 0.384 e. The molecule has 0 aliphatic carbocycles. The van der Waals surface area contributed by atoms with Gasteiger partial charge in [-0.3, -0.25) is 5.32 Å². The van der Waals surface area contributed by atoms with Crippen molar-refractivity contribution in [3.8, 4) is 6.07 Å². The van der Waals surface area contributed by atoms with Gasteiger partial charge in [-0.2, -0.15) is 5.26 Å². The van der Waals surface area contributed by atoms with Gasteiger partial charge < -0.3 is 9.64 Å². The normalized spacial score (nSPS) is 22.4. The standard InChI is InChI=1S/C16H31N3O/c1-13(2)18-16(4,12-17)10-14(3)19-8-6-15(7-9-19)11-20-5/h13-15,18H,6-11H2,1-5H3. The number of nitrogens with one attached hydrogen (secondary N) is 1. The predicted octanol–water partition coefficient (Wildman–Crippen LogP) is 2.40. The SMILES string of the molecule is COCC1CCN(C(C)CC(C)(C#N)NC(C)C)CC1. The lowest BCUT2D eigenvalue weighted by Gasteiger charge is -2.39. The lowest BCUT2D eigenvalue weighted by molar-refractivity contribution is 0.0760. The van der Waals surface area contributed by atoms with Gasteiger partial charge in [0.05, 0.1) is 6.07 Å². The molecule has 4 nitrogen and oxygen atoms in total. The van der Waals surface area contributed by atoms with Gasteiger partial charge >= 0.3 is 0 Å². The summed E-state index contributed by atoms with van der Waals surface area (Å²) in [7, 11) is 1.78.